The van der Waals surface area contributed by atoms with Crippen LogP contribution >= 0.6 is 11.6 Å². The number of H-pyrrole nitrogens is 1. The highest BCUT2D eigenvalue weighted by Gasteiger charge is 2.07. The SMILES string of the molecule is COc1ccc2[nH]c(=O)c3cc(Cl)cn3c2c1. The lowest BCUT2D eigenvalue weighted by atomic mass is 10.3. The summed E-state index contributed by atoms with van der Waals surface area (Å²) in [4.78, 5) is 14.6. The summed E-state index contributed by atoms with van der Waals surface area (Å²) in [5, 5.41) is 0.533. The number of aromatic nitrogens is 2. The molecule has 2 aromatic heterocycles. The Bertz CT molecular complexity index is 773. The van der Waals surface area contributed by atoms with Crippen LogP contribution in [0.1, 0.15) is 0 Å². The second-order valence-corrected chi connectivity index (χ2v) is 4.19. The molecule has 0 aliphatic carbocycles. The number of rotatable bonds is 1. The Balaban J connectivity index is 2.55. The zero-order chi connectivity index (χ0) is 12.0. The molecule has 0 unspecified atom stereocenters. The molecule has 0 aliphatic heterocycles. The fourth-order valence-corrected chi connectivity index (χ4v) is 2.14. The molecule has 0 atom stereocenters. The predicted molar refractivity (Wildman–Crippen MR) is 67.1 cm³/mol. The molecule has 4 nitrogen and oxygen atoms in total. The summed E-state index contributed by atoms with van der Waals surface area (Å²) in [6.45, 7) is 0. The fraction of sp³-hybridized carbons (Fsp3) is 0.0833. The van der Waals surface area contributed by atoms with Crippen molar-refractivity contribution in [3.8, 4) is 5.75 Å². The second-order valence-electron chi connectivity index (χ2n) is 3.75. The number of benzene rings is 1. The van der Waals surface area contributed by atoms with Gasteiger partial charge in [-0.05, 0) is 18.2 Å². The van der Waals surface area contributed by atoms with Crippen molar-refractivity contribution < 1.29 is 4.74 Å². The Labute approximate surface area is 101 Å². The number of nitrogens with one attached hydrogen (secondary N) is 1. The molecule has 0 saturated carbocycles. The summed E-state index contributed by atoms with van der Waals surface area (Å²) in [6, 6.07) is 7.10. The fourth-order valence-electron chi connectivity index (χ4n) is 1.93. The average Bonchev–Trinajstić information content (AvgIpc) is 2.72. The number of ether oxygens (including phenoxy) is 1. The molecule has 0 amide bonds. The molecule has 0 bridgehead atoms. The van der Waals surface area contributed by atoms with Gasteiger partial charge in [-0.1, -0.05) is 11.6 Å². The van der Waals surface area contributed by atoms with E-state index in [1.807, 2.05) is 12.1 Å². The van der Waals surface area contributed by atoms with E-state index < -0.39 is 0 Å². The minimum atomic E-state index is -0.158. The monoisotopic (exact) mass is 248 g/mol. The Morgan fingerprint density at radius 2 is 2.12 bits per heavy atom. The third-order valence-electron chi connectivity index (χ3n) is 2.73. The van der Waals surface area contributed by atoms with E-state index in [-0.39, 0.29) is 5.56 Å². The van der Waals surface area contributed by atoms with Crippen LogP contribution in [0.2, 0.25) is 5.02 Å². The highest BCUT2D eigenvalue weighted by molar-refractivity contribution is 6.31. The van der Waals surface area contributed by atoms with Crippen molar-refractivity contribution in [3.05, 3.63) is 45.8 Å². The first-order chi connectivity index (χ1) is 8.19. The molecular weight excluding hydrogens is 240 g/mol. The summed E-state index contributed by atoms with van der Waals surface area (Å²) in [7, 11) is 1.60. The highest BCUT2D eigenvalue weighted by Crippen LogP contribution is 2.21. The lowest BCUT2D eigenvalue weighted by Crippen LogP contribution is -2.09. The Morgan fingerprint density at radius 3 is 2.88 bits per heavy atom. The molecular formula is C12H9ClN2O2. The van der Waals surface area contributed by atoms with Crippen molar-refractivity contribution in [1.82, 2.24) is 9.38 Å². The zero-order valence-electron chi connectivity index (χ0n) is 9.03. The first-order valence-corrected chi connectivity index (χ1v) is 5.44. The van der Waals surface area contributed by atoms with Crippen molar-refractivity contribution in [2.75, 3.05) is 7.11 Å². The van der Waals surface area contributed by atoms with Crippen molar-refractivity contribution in [2.24, 2.45) is 0 Å². The van der Waals surface area contributed by atoms with Gasteiger partial charge in [0.2, 0.25) is 0 Å². The first-order valence-electron chi connectivity index (χ1n) is 5.06. The number of aromatic amines is 1. The quantitative estimate of drug-likeness (QED) is 0.719. The van der Waals surface area contributed by atoms with Gasteiger partial charge in [-0.15, -0.1) is 0 Å². The van der Waals surface area contributed by atoms with Gasteiger partial charge in [-0.25, -0.2) is 0 Å². The molecule has 0 spiro atoms. The molecule has 5 heteroatoms. The lowest BCUT2D eigenvalue weighted by molar-refractivity contribution is 0.415. The number of fused-ring (bicyclic) bond motifs is 3. The molecule has 0 radical (unpaired) electrons. The number of methoxy groups -OCH3 is 1. The van der Waals surface area contributed by atoms with E-state index in [0.717, 1.165) is 16.8 Å². The van der Waals surface area contributed by atoms with Gasteiger partial charge < -0.3 is 14.1 Å². The molecule has 3 rings (SSSR count). The van der Waals surface area contributed by atoms with E-state index in [2.05, 4.69) is 4.98 Å². The van der Waals surface area contributed by atoms with Crippen LogP contribution in [0.15, 0.2) is 35.3 Å². The average molecular weight is 249 g/mol. The second kappa shape index (κ2) is 3.53. The van der Waals surface area contributed by atoms with Gasteiger partial charge >= 0.3 is 0 Å². The van der Waals surface area contributed by atoms with Crippen LogP contribution in [0.3, 0.4) is 0 Å². The molecule has 0 fully saturated rings. The number of halogens is 1. The Hall–Kier alpha value is -1.94. The topological polar surface area (TPSA) is 46.5 Å². The maximum Gasteiger partial charge on any atom is 0.272 e. The lowest BCUT2D eigenvalue weighted by Gasteiger charge is -2.05. The van der Waals surface area contributed by atoms with Crippen molar-refractivity contribution in [3.63, 3.8) is 0 Å². The van der Waals surface area contributed by atoms with Gasteiger partial charge in [-0.2, -0.15) is 0 Å². The largest absolute Gasteiger partial charge is 0.497 e. The normalized spacial score (nSPS) is 11.2. The van der Waals surface area contributed by atoms with Crippen LogP contribution in [0.4, 0.5) is 0 Å². The summed E-state index contributed by atoms with van der Waals surface area (Å²) in [5.74, 6) is 0.732. The highest BCUT2D eigenvalue weighted by atomic mass is 35.5. The van der Waals surface area contributed by atoms with Crippen molar-refractivity contribution >= 4 is 28.2 Å². The molecule has 2 heterocycles. The maximum absolute atomic E-state index is 11.8. The Kier molecular flexibility index (Phi) is 2.12. The van der Waals surface area contributed by atoms with E-state index in [0.29, 0.717) is 10.5 Å². The molecule has 1 N–H and O–H groups in total. The van der Waals surface area contributed by atoms with Crippen LogP contribution in [-0.2, 0) is 0 Å². The molecule has 86 valence electrons. The van der Waals surface area contributed by atoms with E-state index >= 15 is 0 Å². The van der Waals surface area contributed by atoms with Crippen molar-refractivity contribution in [2.45, 2.75) is 0 Å². The third kappa shape index (κ3) is 1.49. The number of hydrogen-bond donors (Lipinski definition) is 1. The van der Waals surface area contributed by atoms with Crippen LogP contribution in [0, 0.1) is 0 Å². The van der Waals surface area contributed by atoms with E-state index in [1.54, 1.807) is 29.8 Å². The standard InChI is InChI=1S/C12H9ClN2O2/c1-17-8-2-3-9-10(5-8)15-6-7(13)4-11(15)12(16)14-9/h2-6H,1H3,(H,14,16). The zero-order valence-corrected chi connectivity index (χ0v) is 9.78. The molecule has 17 heavy (non-hydrogen) atoms. The van der Waals surface area contributed by atoms with Crippen molar-refractivity contribution in [1.29, 1.82) is 0 Å². The van der Waals surface area contributed by atoms with Gasteiger partial charge in [0.25, 0.3) is 5.56 Å². The summed E-state index contributed by atoms with van der Waals surface area (Å²) < 4.78 is 6.93. The number of hydrogen-bond acceptors (Lipinski definition) is 2. The van der Waals surface area contributed by atoms with Crippen LogP contribution < -0.4 is 10.3 Å². The smallest absolute Gasteiger partial charge is 0.272 e. The first kappa shape index (κ1) is 10.2. The van der Waals surface area contributed by atoms with Crippen LogP contribution in [0.25, 0.3) is 16.6 Å². The summed E-state index contributed by atoms with van der Waals surface area (Å²) >= 11 is 5.92. The summed E-state index contributed by atoms with van der Waals surface area (Å²) in [6.07, 6.45) is 1.72. The molecule has 3 aromatic rings. The van der Waals surface area contributed by atoms with Gasteiger partial charge in [-0.3, -0.25) is 4.79 Å². The van der Waals surface area contributed by atoms with Gasteiger partial charge in [0.1, 0.15) is 11.3 Å². The maximum atomic E-state index is 11.8. The van der Waals surface area contributed by atoms with Crippen LogP contribution in [0.5, 0.6) is 5.75 Å². The van der Waals surface area contributed by atoms with E-state index in [1.165, 1.54) is 0 Å². The predicted octanol–water partition coefficient (Wildman–Crippen LogP) is 2.44. The number of nitrogens with zero attached hydrogens (tertiary/aromatic N) is 1. The molecule has 0 aliphatic rings. The van der Waals surface area contributed by atoms with Gasteiger partial charge in [0.15, 0.2) is 0 Å². The van der Waals surface area contributed by atoms with Gasteiger partial charge in [0, 0.05) is 12.3 Å². The van der Waals surface area contributed by atoms with E-state index in [9.17, 15) is 4.79 Å². The van der Waals surface area contributed by atoms with E-state index in [4.69, 9.17) is 16.3 Å². The summed E-state index contributed by atoms with van der Waals surface area (Å²) in [5.41, 5.74) is 1.96. The minimum Gasteiger partial charge on any atom is -0.497 e. The molecule has 0 saturated heterocycles. The molecule has 1 aromatic carbocycles. The third-order valence-corrected chi connectivity index (χ3v) is 2.94. The minimum absolute atomic E-state index is 0.158. The van der Waals surface area contributed by atoms with Crippen LogP contribution in [-0.4, -0.2) is 16.5 Å². The van der Waals surface area contributed by atoms with Gasteiger partial charge in [0.05, 0.1) is 23.2 Å². The Morgan fingerprint density at radius 1 is 1.29 bits per heavy atom.